The number of aryl methyl sites for hydroxylation is 3. The summed E-state index contributed by atoms with van der Waals surface area (Å²) in [7, 11) is 0. The van der Waals surface area contributed by atoms with Crippen molar-refractivity contribution in [3.05, 3.63) is 192 Å². The summed E-state index contributed by atoms with van der Waals surface area (Å²) in [5.41, 5.74) is 7.74. The van der Waals surface area contributed by atoms with Gasteiger partial charge in [-0.15, -0.1) is 29.3 Å². The fourth-order valence-corrected chi connectivity index (χ4v) is 8.31. The Labute approximate surface area is 409 Å². The fraction of sp³-hybridized carbons (Fsp3) is 0.186. The molecule has 0 saturated carbocycles. The zero-order chi connectivity index (χ0) is 54.2. The van der Waals surface area contributed by atoms with Crippen LogP contribution in [0, 0.1) is 26.8 Å². The molecule has 0 aliphatic rings. The van der Waals surface area contributed by atoms with Crippen LogP contribution in [0.3, 0.4) is 0 Å². The van der Waals surface area contributed by atoms with Crippen molar-refractivity contribution in [2.45, 2.75) is 72.9 Å². The molecule has 9 rings (SSSR count). The summed E-state index contributed by atoms with van der Waals surface area (Å²) in [6, 6.07) is 49.4. The van der Waals surface area contributed by atoms with E-state index >= 15 is 0 Å². The van der Waals surface area contributed by atoms with E-state index in [9.17, 15) is 5.11 Å². The largest absolute Gasteiger partial charge is 0.507 e. The van der Waals surface area contributed by atoms with Gasteiger partial charge in [0.1, 0.15) is 11.6 Å². The molecular formula is C59H54N3OPt-. The summed E-state index contributed by atoms with van der Waals surface area (Å²) >= 11 is 0. The van der Waals surface area contributed by atoms with Crippen molar-refractivity contribution in [1.29, 1.82) is 0 Å². The molecule has 2 heterocycles. The number of rotatable bonds is 7. The Morgan fingerprint density at radius 3 is 1.94 bits per heavy atom. The number of nitrogens with zero attached hydrogens (tertiary/aromatic N) is 3. The second-order valence-corrected chi connectivity index (χ2v) is 17.3. The number of fused-ring (bicyclic) bond motifs is 1. The molecule has 5 heteroatoms. The SMILES string of the molecule is [2H]C([2H])([2H])c1cc(-c2ccccc2)c(-n2c(-c3cc(C)cc(C)c3O)nc3c(-c4[c-]c(-c5cc(-c6ccc(C(C([2H])([2H])[2H])(C([2H])([2H])[2H])C([2H])([2H])[2H])cc6)ccn5)cc(C(C)(C)C)c4)cccc32)cc1-c1ccccc1.[Pt]. The molecule has 0 amide bonds. The Bertz CT molecular complexity index is 3580. The van der Waals surface area contributed by atoms with E-state index in [0.29, 0.717) is 72.7 Å². The molecular weight excluding hydrogens is 962 g/mol. The van der Waals surface area contributed by atoms with Gasteiger partial charge in [-0.05, 0) is 112 Å². The average molecular weight is 1030 g/mol. The minimum absolute atomic E-state index is 0. The summed E-state index contributed by atoms with van der Waals surface area (Å²) in [5.74, 6) is 0.485. The standard InChI is InChI=1S/C59H54N3O.Pt/c1-37-29-39(3)56(63)51(30-37)57-61-55-48(21-16-22-53(55)62(57)54-36-49(41-17-12-10-13-18-41)38(2)31-50(54)42-19-14-11-15-20-42)44-32-45(34-47(33-44)59(7,8)9)52-35-43(27-28-60-52)40-23-25-46(26-24-40)58(4,5)6;/h10-31,33-36,63H,1-9H3;/q-1;/i2D3,4D3,5D3,6D3;. The Hall–Kier alpha value is -6.35. The number of benzene rings is 7. The van der Waals surface area contributed by atoms with E-state index in [4.69, 9.17) is 26.4 Å². The van der Waals surface area contributed by atoms with Crippen LogP contribution in [0.5, 0.6) is 5.75 Å². The molecule has 0 spiro atoms. The van der Waals surface area contributed by atoms with E-state index in [1.165, 1.54) is 24.3 Å². The van der Waals surface area contributed by atoms with Crippen LogP contribution < -0.4 is 0 Å². The van der Waals surface area contributed by atoms with Crippen LogP contribution in [0.15, 0.2) is 158 Å². The van der Waals surface area contributed by atoms with E-state index in [2.05, 4.69) is 32.9 Å². The molecule has 0 bridgehead atoms. The van der Waals surface area contributed by atoms with Gasteiger partial charge in [0.2, 0.25) is 0 Å². The summed E-state index contributed by atoms with van der Waals surface area (Å²) < 4.78 is 102. The van der Waals surface area contributed by atoms with Gasteiger partial charge in [-0.2, -0.15) is 0 Å². The monoisotopic (exact) mass is 1030 g/mol. The van der Waals surface area contributed by atoms with Crippen molar-refractivity contribution in [2.24, 2.45) is 0 Å². The number of aromatic nitrogens is 3. The van der Waals surface area contributed by atoms with E-state index in [-0.39, 0.29) is 43.4 Å². The van der Waals surface area contributed by atoms with Crippen molar-refractivity contribution in [3.63, 3.8) is 0 Å². The first-order chi connectivity index (χ1) is 35.1. The molecule has 0 saturated heterocycles. The van der Waals surface area contributed by atoms with E-state index in [0.717, 1.165) is 27.8 Å². The van der Waals surface area contributed by atoms with Gasteiger partial charge in [-0.25, -0.2) is 4.98 Å². The number of aromatic hydroxyl groups is 1. The molecule has 9 aromatic rings. The van der Waals surface area contributed by atoms with Gasteiger partial charge < -0.3 is 5.11 Å². The van der Waals surface area contributed by atoms with Gasteiger partial charge in [0.05, 0.1) is 22.3 Å². The summed E-state index contributed by atoms with van der Waals surface area (Å²) in [5, 5.41) is 12.0. The first-order valence-corrected chi connectivity index (χ1v) is 20.9. The maximum Gasteiger partial charge on any atom is 0.148 e. The number of phenols is 1. The van der Waals surface area contributed by atoms with Crippen LogP contribution in [0.2, 0.25) is 0 Å². The molecule has 0 aliphatic heterocycles. The average Bonchev–Trinajstić information content (AvgIpc) is 3.73. The van der Waals surface area contributed by atoms with Crippen molar-refractivity contribution in [2.75, 3.05) is 0 Å². The van der Waals surface area contributed by atoms with Crippen molar-refractivity contribution < 1.29 is 42.6 Å². The first-order valence-electron chi connectivity index (χ1n) is 26.9. The molecule has 7 aromatic carbocycles. The molecule has 0 unspecified atom stereocenters. The molecule has 4 nitrogen and oxygen atoms in total. The van der Waals surface area contributed by atoms with Crippen molar-refractivity contribution in [3.8, 4) is 78.6 Å². The zero-order valence-corrected chi connectivity index (χ0v) is 38.4. The number of phenolic OH excluding ortho intramolecular Hbond substituents is 1. The summed E-state index contributed by atoms with van der Waals surface area (Å²) in [4.78, 5) is 10.2. The molecule has 64 heavy (non-hydrogen) atoms. The second-order valence-electron chi connectivity index (χ2n) is 17.3. The second kappa shape index (κ2) is 17.3. The number of pyridine rings is 1. The molecule has 0 radical (unpaired) electrons. The van der Waals surface area contributed by atoms with E-state index < -0.39 is 32.8 Å². The minimum Gasteiger partial charge on any atom is -0.507 e. The molecule has 0 aliphatic carbocycles. The third-order valence-electron chi connectivity index (χ3n) is 11.6. The molecule has 0 fully saturated rings. The smallest absolute Gasteiger partial charge is 0.148 e. The predicted octanol–water partition coefficient (Wildman–Crippen LogP) is 15.4. The normalized spacial score (nSPS) is 15.3. The van der Waals surface area contributed by atoms with Crippen LogP contribution in [0.25, 0.3) is 83.9 Å². The van der Waals surface area contributed by atoms with Gasteiger partial charge in [0, 0.05) is 55.0 Å². The predicted molar refractivity (Wildman–Crippen MR) is 264 cm³/mol. The van der Waals surface area contributed by atoms with Gasteiger partial charge in [-0.3, -0.25) is 9.55 Å². The quantitative estimate of drug-likeness (QED) is 0.162. The Morgan fingerprint density at radius 2 is 1.27 bits per heavy atom. The molecule has 1 N–H and O–H groups in total. The molecule has 0 atom stereocenters. The Morgan fingerprint density at radius 1 is 0.578 bits per heavy atom. The van der Waals surface area contributed by atoms with E-state index in [1.54, 1.807) is 18.3 Å². The van der Waals surface area contributed by atoms with Gasteiger partial charge >= 0.3 is 0 Å². The third kappa shape index (κ3) is 8.52. The number of para-hydroxylation sites is 1. The number of hydrogen-bond acceptors (Lipinski definition) is 3. The Kier molecular flexibility index (Phi) is 8.52. The minimum atomic E-state index is -3.39. The third-order valence-corrected chi connectivity index (χ3v) is 11.6. The fourth-order valence-electron chi connectivity index (χ4n) is 8.31. The van der Waals surface area contributed by atoms with Gasteiger partial charge in [0.25, 0.3) is 0 Å². The number of hydrogen-bond donors (Lipinski definition) is 1. The van der Waals surface area contributed by atoms with Gasteiger partial charge in [-0.1, -0.05) is 162 Å². The molecule has 2 aromatic heterocycles. The number of imidazole rings is 1. The van der Waals surface area contributed by atoms with Crippen LogP contribution in [0.1, 0.15) is 85.6 Å². The zero-order valence-electron chi connectivity index (χ0n) is 48.1. The van der Waals surface area contributed by atoms with Crippen molar-refractivity contribution >= 4 is 11.0 Å². The van der Waals surface area contributed by atoms with Crippen LogP contribution in [0.4, 0.5) is 0 Å². The first kappa shape index (κ1) is 31.5. The van der Waals surface area contributed by atoms with E-state index in [1.807, 2.05) is 128 Å². The van der Waals surface area contributed by atoms with Crippen LogP contribution in [-0.2, 0) is 31.9 Å². The van der Waals surface area contributed by atoms with Crippen molar-refractivity contribution in [1.82, 2.24) is 14.5 Å². The topological polar surface area (TPSA) is 50.9 Å². The summed E-state index contributed by atoms with van der Waals surface area (Å²) in [6.45, 7) is -2.54. The molecule has 322 valence electrons. The maximum atomic E-state index is 12.0. The summed E-state index contributed by atoms with van der Waals surface area (Å²) in [6.07, 6.45) is 1.63. The Balaban J connectivity index is 0.00000765. The van der Waals surface area contributed by atoms with Crippen LogP contribution >= 0.6 is 0 Å². The van der Waals surface area contributed by atoms with Crippen LogP contribution in [-0.4, -0.2) is 19.6 Å². The maximum absolute atomic E-state index is 12.0. The van der Waals surface area contributed by atoms with Gasteiger partial charge in [0.15, 0.2) is 0 Å².